The summed E-state index contributed by atoms with van der Waals surface area (Å²) >= 11 is 0. The average Bonchev–Trinajstić information content (AvgIpc) is 2.98. The van der Waals surface area contributed by atoms with E-state index in [-0.39, 0.29) is 12.3 Å². The van der Waals surface area contributed by atoms with Crippen molar-refractivity contribution in [2.75, 3.05) is 5.32 Å². The molecule has 0 aliphatic heterocycles. The molecule has 0 saturated heterocycles. The molecule has 3 aromatic rings. The molecule has 0 bridgehead atoms. The number of para-hydroxylation sites is 1. The fraction of sp³-hybridized carbons (Fsp3) is 0.214. The number of hydrogen-bond acceptors (Lipinski definition) is 3. The molecule has 6 nitrogen and oxygen atoms in total. The fourth-order valence-corrected chi connectivity index (χ4v) is 2.23. The van der Waals surface area contributed by atoms with Crippen molar-refractivity contribution in [3.8, 4) is 0 Å². The summed E-state index contributed by atoms with van der Waals surface area (Å²) in [5, 5.41) is 17.7. The highest BCUT2D eigenvalue weighted by atomic mass is 16.1. The van der Waals surface area contributed by atoms with Gasteiger partial charge < -0.3 is 5.32 Å². The van der Waals surface area contributed by atoms with Crippen molar-refractivity contribution in [2.24, 2.45) is 0 Å². The summed E-state index contributed by atoms with van der Waals surface area (Å²) in [4.78, 5) is 12.1. The van der Waals surface area contributed by atoms with Crippen LogP contribution in [-0.4, -0.2) is 26.3 Å². The van der Waals surface area contributed by atoms with Gasteiger partial charge in [-0.15, -0.1) is 0 Å². The van der Waals surface area contributed by atoms with Gasteiger partial charge in [0.2, 0.25) is 5.91 Å². The van der Waals surface area contributed by atoms with Gasteiger partial charge >= 0.3 is 0 Å². The minimum Gasteiger partial charge on any atom is -0.308 e. The molecule has 1 amide bonds. The Morgan fingerprint density at radius 3 is 2.75 bits per heavy atom. The molecule has 0 atom stereocenters. The van der Waals surface area contributed by atoms with Crippen molar-refractivity contribution in [2.45, 2.75) is 20.3 Å². The van der Waals surface area contributed by atoms with Gasteiger partial charge in [0.25, 0.3) is 0 Å². The quantitative estimate of drug-likeness (QED) is 0.680. The van der Waals surface area contributed by atoms with Gasteiger partial charge in [0.1, 0.15) is 0 Å². The van der Waals surface area contributed by atoms with E-state index < -0.39 is 0 Å². The first-order valence-electron chi connectivity index (χ1n) is 6.38. The number of carbonyl (C=O) groups excluding carboxylic acids is 1. The van der Waals surface area contributed by atoms with Crippen molar-refractivity contribution >= 4 is 22.6 Å². The van der Waals surface area contributed by atoms with Crippen LogP contribution in [0.3, 0.4) is 0 Å². The van der Waals surface area contributed by atoms with E-state index in [4.69, 9.17) is 0 Å². The third kappa shape index (κ3) is 2.16. The lowest BCUT2D eigenvalue weighted by Gasteiger charge is -2.03. The second-order valence-electron chi connectivity index (χ2n) is 4.76. The van der Waals surface area contributed by atoms with Crippen LogP contribution >= 0.6 is 0 Å². The van der Waals surface area contributed by atoms with Crippen LogP contribution in [0.4, 0.5) is 5.82 Å². The molecule has 0 spiro atoms. The Hall–Kier alpha value is -2.63. The summed E-state index contributed by atoms with van der Waals surface area (Å²) in [5.74, 6) is 0.458. The molecule has 20 heavy (non-hydrogen) atoms. The monoisotopic (exact) mass is 269 g/mol. The number of aryl methyl sites for hydroxylation is 2. The Morgan fingerprint density at radius 1 is 1.20 bits per heavy atom. The topological polar surface area (TPSA) is 86.5 Å². The van der Waals surface area contributed by atoms with Gasteiger partial charge in [-0.05, 0) is 26.0 Å². The van der Waals surface area contributed by atoms with Crippen LogP contribution in [0, 0.1) is 13.8 Å². The van der Waals surface area contributed by atoms with Gasteiger partial charge in [-0.2, -0.15) is 10.2 Å². The number of amides is 1. The van der Waals surface area contributed by atoms with Crippen LogP contribution in [0.5, 0.6) is 0 Å². The molecular weight excluding hydrogens is 254 g/mol. The molecule has 2 aromatic heterocycles. The van der Waals surface area contributed by atoms with Crippen molar-refractivity contribution < 1.29 is 4.79 Å². The van der Waals surface area contributed by atoms with Crippen LogP contribution in [-0.2, 0) is 11.2 Å². The van der Waals surface area contributed by atoms with Gasteiger partial charge in [-0.1, -0.05) is 12.1 Å². The number of H-pyrrole nitrogens is 2. The SMILES string of the molecule is Cc1n[nH]c(C)c1CC(=O)Nc1n[nH]c2ccccc12. The molecule has 3 N–H and O–H groups in total. The predicted octanol–water partition coefficient (Wildman–Crippen LogP) is 2.08. The van der Waals surface area contributed by atoms with E-state index >= 15 is 0 Å². The largest absolute Gasteiger partial charge is 0.308 e. The number of fused-ring (bicyclic) bond motifs is 1. The zero-order valence-electron chi connectivity index (χ0n) is 11.3. The zero-order valence-corrected chi connectivity index (χ0v) is 11.3. The number of aromatic nitrogens is 4. The highest BCUT2D eigenvalue weighted by Gasteiger charge is 2.13. The number of rotatable bonds is 3. The number of benzene rings is 1. The Labute approximate surface area is 115 Å². The van der Waals surface area contributed by atoms with Crippen molar-refractivity contribution in [1.29, 1.82) is 0 Å². The lowest BCUT2D eigenvalue weighted by Crippen LogP contribution is -2.15. The number of anilines is 1. The minimum absolute atomic E-state index is 0.102. The molecule has 102 valence electrons. The van der Waals surface area contributed by atoms with Crippen LogP contribution < -0.4 is 5.32 Å². The maximum absolute atomic E-state index is 12.1. The van der Waals surface area contributed by atoms with Crippen molar-refractivity contribution in [1.82, 2.24) is 20.4 Å². The van der Waals surface area contributed by atoms with E-state index in [0.717, 1.165) is 27.9 Å². The lowest BCUT2D eigenvalue weighted by molar-refractivity contribution is -0.115. The van der Waals surface area contributed by atoms with E-state index in [9.17, 15) is 4.79 Å². The van der Waals surface area contributed by atoms with E-state index in [2.05, 4.69) is 25.7 Å². The van der Waals surface area contributed by atoms with E-state index in [0.29, 0.717) is 5.82 Å². The Bertz CT molecular complexity index is 751. The molecule has 0 saturated carbocycles. The molecule has 0 aliphatic rings. The lowest BCUT2D eigenvalue weighted by atomic mass is 10.1. The number of nitrogens with one attached hydrogen (secondary N) is 3. The van der Waals surface area contributed by atoms with E-state index in [1.165, 1.54) is 0 Å². The average molecular weight is 269 g/mol. The fourth-order valence-electron chi connectivity index (χ4n) is 2.23. The highest BCUT2D eigenvalue weighted by molar-refractivity contribution is 6.00. The first-order valence-corrected chi connectivity index (χ1v) is 6.38. The first-order chi connectivity index (χ1) is 9.65. The molecule has 6 heteroatoms. The summed E-state index contributed by atoms with van der Waals surface area (Å²) in [6.07, 6.45) is 0.287. The Kier molecular flexibility index (Phi) is 2.98. The van der Waals surface area contributed by atoms with Gasteiger partial charge in [0, 0.05) is 16.6 Å². The Morgan fingerprint density at radius 2 is 2.00 bits per heavy atom. The smallest absolute Gasteiger partial charge is 0.230 e. The molecule has 0 aliphatic carbocycles. The summed E-state index contributed by atoms with van der Waals surface area (Å²) in [6.45, 7) is 3.79. The Balaban J connectivity index is 1.80. The van der Waals surface area contributed by atoms with Gasteiger partial charge in [0.15, 0.2) is 5.82 Å². The molecular formula is C14H15N5O. The maximum Gasteiger partial charge on any atom is 0.230 e. The van der Waals surface area contributed by atoms with E-state index in [1.54, 1.807) is 0 Å². The molecule has 0 fully saturated rings. The number of aromatic amines is 2. The van der Waals surface area contributed by atoms with Crippen LogP contribution in [0.2, 0.25) is 0 Å². The standard InChI is InChI=1S/C14H15N5O/c1-8-11(9(2)17-16-8)7-13(20)15-14-10-5-3-4-6-12(10)18-19-14/h3-6H,7H2,1-2H3,(H,16,17)(H2,15,18,19,20). The second kappa shape index (κ2) is 4.80. The molecule has 3 rings (SSSR count). The molecule has 2 heterocycles. The normalized spacial score (nSPS) is 10.9. The summed E-state index contributed by atoms with van der Waals surface area (Å²) in [5.41, 5.74) is 3.61. The third-order valence-electron chi connectivity index (χ3n) is 3.35. The molecule has 0 radical (unpaired) electrons. The van der Waals surface area contributed by atoms with E-state index in [1.807, 2.05) is 38.1 Å². The molecule has 0 unspecified atom stereocenters. The highest BCUT2D eigenvalue weighted by Crippen LogP contribution is 2.20. The van der Waals surface area contributed by atoms with Gasteiger partial charge in [-0.25, -0.2) is 0 Å². The van der Waals surface area contributed by atoms with Gasteiger partial charge in [-0.3, -0.25) is 15.0 Å². The van der Waals surface area contributed by atoms with Crippen LogP contribution in [0.15, 0.2) is 24.3 Å². The zero-order chi connectivity index (χ0) is 14.1. The first kappa shape index (κ1) is 12.4. The van der Waals surface area contributed by atoms with Crippen molar-refractivity contribution in [3.63, 3.8) is 0 Å². The third-order valence-corrected chi connectivity index (χ3v) is 3.35. The summed E-state index contributed by atoms with van der Waals surface area (Å²) < 4.78 is 0. The van der Waals surface area contributed by atoms with Crippen molar-refractivity contribution in [3.05, 3.63) is 41.2 Å². The number of carbonyl (C=O) groups is 1. The summed E-state index contributed by atoms with van der Waals surface area (Å²) in [7, 11) is 0. The second-order valence-corrected chi connectivity index (χ2v) is 4.76. The van der Waals surface area contributed by atoms with Gasteiger partial charge in [0.05, 0.1) is 17.6 Å². The maximum atomic E-state index is 12.1. The number of hydrogen-bond donors (Lipinski definition) is 3. The molecule has 1 aromatic carbocycles. The van der Waals surface area contributed by atoms with Crippen LogP contribution in [0.25, 0.3) is 10.9 Å². The minimum atomic E-state index is -0.102. The van der Waals surface area contributed by atoms with Crippen LogP contribution in [0.1, 0.15) is 17.0 Å². The predicted molar refractivity (Wildman–Crippen MR) is 76.5 cm³/mol. The summed E-state index contributed by atoms with van der Waals surface area (Å²) in [6, 6.07) is 7.67. The number of nitrogens with zero attached hydrogens (tertiary/aromatic N) is 2.